The largest absolute Gasteiger partial charge is 0.321 e. The summed E-state index contributed by atoms with van der Waals surface area (Å²) in [5, 5.41) is 4.01. The van der Waals surface area contributed by atoms with Gasteiger partial charge < -0.3 is 5.73 Å². The molecule has 18 heavy (non-hydrogen) atoms. The van der Waals surface area contributed by atoms with Crippen LogP contribution >= 0.6 is 0 Å². The van der Waals surface area contributed by atoms with E-state index in [0.717, 1.165) is 5.82 Å². The first-order valence-corrected chi connectivity index (χ1v) is 5.93. The number of hydrogen-bond donors (Lipinski definition) is 1. The maximum absolute atomic E-state index is 13.9. The smallest absolute Gasteiger partial charge is 0.138 e. The predicted octanol–water partition coefficient (Wildman–Crippen LogP) is 1.76. The van der Waals surface area contributed by atoms with Gasteiger partial charge in [-0.3, -0.25) is 4.68 Å². The highest BCUT2D eigenvalue weighted by atomic mass is 19.1. The Morgan fingerprint density at radius 2 is 2.11 bits per heavy atom. The number of aromatic nitrogens is 3. The first-order valence-electron chi connectivity index (χ1n) is 5.93. The molecule has 0 bridgehead atoms. The van der Waals surface area contributed by atoms with Crippen LogP contribution < -0.4 is 5.73 Å². The quantitative estimate of drug-likeness (QED) is 0.897. The van der Waals surface area contributed by atoms with Crippen molar-refractivity contribution >= 4 is 0 Å². The molecule has 1 heterocycles. The topological polar surface area (TPSA) is 56.7 Å². The van der Waals surface area contributed by atoms with Gasteiger partial charge in [-0.15, -0.1) is 0 Å². The van der Waals surface area contributed by atoms with E-state index in [9.17, 15) is 4.39 Å². The second kappa shape index (κ2) is 4.86. The van der Waals surface area contributed by atoms with E-state index in [0.29, 0.717) is 18.4 Å². The van der Waals surface area contributed by atoms with Crippen molar-refractivity contribution in [2.75, 3.05) is 0 Å². The number of benzene rings is 1. The highest BCUT2D eigenvalue weighted by molar-refractivity contribution is 5.27. The van der Waals surface area contributed by atoms with E-state index in [4.69, 9.17) is 5.73 Å². The lowest BCUT2D eigenvalue weighted by molar-refractivity contribution is 0.388. The first-order chi connectivity index (χ1) is 8.57. The molecule has 1 atom stereocenters. The molecule has 0 saturated heterocycles. The number of hydrogen-bond acceptors (Lipinski definition) is 3. The van der Waals surface area contributed by atoms with Gasteiger partial charge in [0.05, 0.1) is 5.54 Å². The van der Waals surface area contributed by atoms with E-state index in [1.165, 1.54) is 12.4 Å². The SMILES string of the molecule is CCC(N)(Cc1ncnn1C)c1ccccc1F. The van der Waals surface area contributed by atoms with Crippen LogP contribution in [0.15, 0.2) is 30.6 Å². The second-order valence-corrected chi connectivity index (χ2v) is 4.47. The third-order valence-electron chi connectivity index (χ3n) is 3.32. The predicted molar refractivity (Wildman–Crippen MR) is 67.3 cm³/mol. The van der Waals surface area contributed by atoms with E-state index in [1.807, 2.05) is 6.92 Å². The molecular formula is C13H17FN4. The van der Waals surface area contributed by atoms with Crippen molar-refractivity contribution in [2.45, 2.75) is 25.3 Å². The molecule has 1 aromatic carbocycles. The van der Waals surface area contributed by atoms with Gasteiger partial charge in [-0.25, -0.2) is 9.37 Å². The fourth-order valence-electron chi connectivity index (χ4n) is 2.04. The van der Waals surface area contributed by atoms with Gasteiger partial charge >= 0.3 is 0 Å². The van der Waals surface area contributed by atoms with Gasteiger partial charge in [0.2, 0.25) is 0 Å². The Morgan fingerprint density at radius 1 is 1.39 bits per heavy atom. The van der Waals surface area contributed by atoms with Gasteiger partial charge in [0.1, 0.15) is 18.0 Å². The lowest BCUT2D eigenvalue weighted by Gasteiger charge is -2.28. The number of nitrogens with zero attached hydrogens (tertiary/aromatic N) is 3. The fraction of sp³-hybridized carbons (Fsp3) is 0.385. The van der Waals surface area contributed by atoms with Crippen LogP contribution in [-0.2, 0) is 19.0 Å². The molecule has 0 amide bonds. The van der Waals surface area contributed by atoms with Gasteiger partial charge in [-0.2, -0.15) is 5.10 Å². The van der Waals surface area contributed by atoms with E-state index in [-0.39, 0.29) is 5.82 Å². The molecule has 0 radical (unpaired) electrons. The summed E-state index contributed by atoms with van der Waals surface area (Å²) in [5.41, 5.74) is 6.12. The molecule has 2 N–H and O–H groups in total. The Morgan fingerprint density at radius 3 is 2.67 bits per heavy atom. The van der Waals surface area contributed by atoms with Crippen molar-refractivity contribution in [3.8, 4) is 0 Å². The molecule has 1 unspecified atom stereocenters. The lowest BCUT2D eigenvalue weighted by Crippen LogP contribution is -2.40. The highest BCUT2D eigenvalue weighted by Crippen LogP contribution is 2.27. The van der Waals surface area contributed by atoms with E-state index in [1.54, 1.807) is 29.9 Å². The summed E-state index contributed by atoms with van der Waals surface area (Å²) >= 11 is 0. The van der Waals surface area contributed by atoms with Crippen LogP contribution in [-0.4, -0.2) is 14.8 Å². The Hall–Kier alpha value is -1.75. The summed E-state index contributed by atoms with van der Waals surface area (Å²) in [6, 6.07) is 6.63. The van der Waals surface area contributed by atoms with Crippen LogP contribution in [0.4, 0.5) is 4.39 Å². The van der Waals surface area contributed by atoms with Gasteiger partial charge in [-0.1, -0.05) is 25.1 Å². The number of nitrogens with two attached hydrogens (primary N) is 1. The third kappa shape index (κ3) is 2.26. The molecule has 0 aliphatic rings. The number of rotatable bonds is 4. The van der Waals surface area contributed by atoms with Crippen molar-refractivity contribution in [3.05, 3.63) is 47.8 Å². The second-order valence-electron chi connectivity index (χ2n) is 4.47. The Kier molecular flexibility index (Phi) is 3.43. The number of aryl methyl sites for hydroxylation is 1. The molecule has 96 valence electrons. The first kappa shape index (κ1) is 12.7. The Balaban J connectivity index is 2.37. The lowest BCUT2D eigenvalue weighted by atomic mass is 9.84. The third-order valence-corrected chi connectivity index (χ3v) is 3.32. The standard InChI is InChI=1S/C13H17FN4/c1-3-13(15,8-12-16-9-17-18(12)2)10-6-4-5-7-11(10)14/h4-7,9H,3,8,15H2,1-2H3. The molecular weight excluding hydrogens is 231 g/mol. The van der Waals surface area contributed by atoms with Crippen molar-refractivity contribution in [1.82, 2.24) is 14.8 Å². The fourth-order valence-corrected chi connectivity index (χ4v) is 2.04. The van der Waals surface area contributed by atoms with Gasteiger partial charge in [-0.05, 0) is 12.5 Å². The molecule has 5 heteroatoms. The zero-order valence-corrected chi connectivity index (χ0v) is 10.6. The van der Waals surface area contributed by atoms with Crippen molar-refractivity contribution in [3.63, 3.8) is 0 Å². The maximum Gasteiger partial charge on any atom is 0.138 e. The normalized spacial score (nSPS) is 14.4. The van der Waals surface area contributed by atoms with Crippen LogP contribution in [0.5, 0.6) is 0 Å². The average molecular weight is 248 g/mol. The summed E-state index contributed by atoms with van der Waals surface area (Å²) < 4.78 is 15.5. The molecule has 0 fully saturated rings. The molecule has 0 spiro atoms. The van der Waals surface area contributed by atoms with Crippen LogP contribution in [0.25, 0.3) is 0 Å². The summed E-state index contributed by atoms with van der Waals surface area (Å²) in [6.07, 6.45) is 2.56. The molecule has 0 aliphatic carbocycles. The van der Waals surface area contributed by atoms with Crippen LogP contribution in [0.3, 0.4) is 0 Å². The minimum Gasteiger partial charge on any atom is -0.321 e. The zero-order valence-electron chi connectivity index (χ0n) is 10.6. The van der Waals surface area contributed by atoms with Gasteiger partial charge in [0, 0.05) is 19.0 Å². The molecule has 2 aromatic rings. The van der Waals surface area contributed by atoms with Crippen molar-refractivity contribution in [2.24, 2.45) is 12.8 Å². The van der Waals surface area contributed by atoms with E-state index in [2.05, 4.69) is 10.1 Å². The van der Waals surface area contributed by atoms with E-state index < -0.39 is 5.54 Å². The van der Waals surface area contributed by atoms with Gasteiger partial charge in [0.25, 0.3) is 0 Å². The average Bonchev–Trinajstić information content (AvgIpc) is 2.75. The molecule has 2 rings (SSSR count). The zero-order chi connectivity index (χ0) is 13.2. The van der Waals surface area contributed by atoms with Crippen LogP contribution in [0.1, 0.15) is 24.7 Å². The summed E-state index contributed by atoms with van der Waals surface area (Å²) in [4.78, 5) is 4.15. The van der Waals surface area contributed by atoms with Crippen LogP contribution in [0.2, 0.25) is 0 Å². The Labute approximate surface area is 106 Å². The summed E-state index contributed by atoms with van der Waals surface area (Å²) in [7, 11) is 1.81. The maximum atomic E-state index is 13.9. The summed E-state index contributed by atoms with van der Waals surface area (Å²) in [6.45, 7) is 1.95. The van der Waals surface area contributed by atoms with Gasteiger partial charge in [0.15, 0.2) is 0 Å². The molecule has 0 aliphatic heterocycles. The Bertz CT molecular complexity index is 537. The van der Waals surface area contributed by atoms with E-state index >= 15 is 0 Å². The van der Waals surface area contributed by atoms with Crippen molar-refractivity contribution < 1.29 is 4.39 Å². The summed E-state index contributed by atoms with van der Waals surface area (Å²) in [5.74, 6) is 0.478. The minimum atomic E-state index is -0.758. The monoisotopic (exact) mass is 248 g/mol. The van der Waals surface area contributed by atoms with Crippen molar-refractivity contribution in [1.29, 1.82) is 0 Å². The molecule has 1 aromatic heterocycles. The molecule has 4 nitrogen and oxygen atoms in total. The highest BCUT2D eigenvalue weighted by Gasteiger charge is 2.30. The minimum absolute atomic E-state index is 0.274. The molecule has 0 saturated carbocycles. The van der Waals surface area contributed by atoms with Crippen LogP contribution in [0, 0.1) is 5.82 Å². The number of halogens is 1.